The second-order valence-electron chi connectivity index (χ2n) is 16.0. The van der Waals surface area contributed by atoms with E-state index in [-0.39, 0.29) is 0 Å². The van der Waals surface area contributed by atoms with Crippen molar-refractivity contribution in [1.82, 2.24) is 0 Å². The zero-order valence-corrected chi connectivity index (χ0v) is 40.4. The van der Waals surface area contributed by atoms with E-state index >= 15 is 0 Å². The largest absolute Gasteiger partial charge is 0.0856 e. The van der Waals surface area contributed by atoms with Crippen LogP contribution in [0.4, 0.5) is 0 Å². The first-order chi connectivity index (χ1) is 25.9. The molecule has 0 aliphatic heterocycles. The van der Waals surface area contributed by atoms with E-state index < -0.39 is 0 Å². The van der Waals surface area contributed by atoms with Crippen molar-refractivity contribution in [2.45, 2.75) is 239 Å². The van der Waals surface area contributed by atoms with E-state index in [4.69, 9.17) is 0 Å². The lowest BCUT2D eigenvalue weighted by atomic mass is 9.73. The van der Waals surface area contributed by atoms with Crippen LogP contribution in [0.5, 0.6) is 0 Å². The Hall–Kier alpha value is -2.08. The van der Waals surface area contributed by atoms with Crippen molar-refractivity contribution in [1.29, 1.82) is 0 Å². The Morgan fingerprint density at radius 2 is 1.00 bits per heavy atom. The van der Waals surface area contributed by atoms with Crippen molar-refractivity contribution in [2.24, 2.45) is 10.8 Å². The Kier molecular flexibility index (Phi) is 44.1. The van der Waals surface area contributed by atoms with Gasteiger partial charge in [-0.05, 0) is 98.5 Å². The monoisotopic (exact) mass is 749 g/mol. The van der Waals surface area contributed by atoms with E-state index in [2.05, 4.69) is 156 Å². The third-order valence-electron chi connectivity index (χ3n) is 10.4. The molecule has 0 spiro atoms. The van der Waals surface area contributed by atoms with E-state index in [0.717, 1.165) is 0 Å². The van der Waals surface area contributed by atoms with Gasteiger partial charge in [-0.15, -0.1) is 0 Å². The highest BCUT2D eigenvalue weighted by Crippen LogP contribution is 2.41. The Labute approximate surface area is 343 Å². The number of hydrogen-bond donors (Lipinski definition) is 0. The van der Waals surface area contributed by atoms with Crippen LogP contribution in [0.2, 0.25) is 0 Å². The molecule has 0 bridgehead atoms. The summed E-state index contributed by atoms with van der Waals surface area (Å²) in [6.45, 7) is 39.8. The molecule has 2 atom stereocenters. The van der Waals surface area contributed by atoms with Gasteiger partial charge in [0.2, 0.25) is 0 Å². The van der Waals surface area contributed by atoms with Crippen LogP contribution in [0, 0.1) is 10.8 Å². The van der Waals surface area contributed by atoms with Gasteiger partial charge in [-0.3, -0.25) is 0 Å². The van der Waals surface area contributed by atoms with Crippen molar-refractivity contribution >= 4 is 0 Å². The van der Waals surface area contributed by atoms with Crippen molar-refractivity contribution in [3.63, 3.8) is 0 Å². The summed E-state index contributed by atoms with van der Waals surface area (Å²) < 4.78 is 0. The van der Waals surface area contributed by atoms with Gasteiger partial charge in [-0.1, -0.05) is 247 Å². The molecule has 0 saturated carbocycles. The number of benzene rings is 2. The topological polar surface area (TPSA) is 0 Å². The molecule has 0 amide bonds. The molecule has 0 N–H and O–H groups in total. The molecule has 0 aliphatic carbocycles. The van der Waals surface area contributed by atoms with Crippen LogP contribution in [0.3, 0.4) is 0 Å². The van der Waals surface area contributed by atoms with Gasteiger partial charge in [0.05, 0.1) is 0 Å². The van der Waals surface area contributed by atoms with Gasteiger partial charge in [0.15, 0.2) is 0 Å². The first kappa shape index (κ1) is 58.6. The molecule has 0 radical (unpaired) electrons. The summed E-state index contributed by atoms with van der Waals surface area (Å²) in [6, 6.07) is 22.3. The van der Waals surface area contributed by atoms with Gasteiger partial charge in [-0.25, -0.2) is 0 Å². The van der Waals surface area contributed by atoms with Gasteiger partial charge in [0.25, 0.3) is 0 Å². The predicted octanol–water partition coefficient (Wildman–Crippen LogP) is 19.9. The standard InChI is InChI=1S/C24H34.C20H38.C4H10.3C2H6/c1-5-13-22(20-14-9-7-10-15-20)18-23(19-24(3,4)6-2)21-16-11-8-12-17-21;1-7-10-13-18(4)14-11-15-19(12-8-2)16-17-20(5,6)9-3;1-3-4-2;3*1-2/h7-12,14-17,22-23H,5-6,13,18-19H2,1-4H3;13,15H,7-12,14,16-17H2,1-6H3;3-4H2,1-2H3;3*1-2H3/b;18-13+,19-15+;;;;. The summed E-state index contributed by atoms with van der Waals surface area (Å²) in [5, 5.41) is 0. The average Bonchev–Trinajstić information content (AvgIpc) is 3.21. The fraction of sp³-hybridized carbons (Fsp3) is 0.704. The number of unbranched alkanes of at least 4 members (excludes halogenated alkanes) is 2. The predicted molar refractivity (Wildman–Crippen MR) is 255 cm³/mol. The molecule has 2 aromatic rings. The fourth-order valence-corrected chi connectivity index (χ4v) is 6.03. The molecule has 54 heavy (non-hydrogen) atoms. The minimum absolute atomic E-state index is 0.397. The highest BCUT2D eigenvalue weighted by Gasteiger charge is 2.26. The summed E-state index contributed by atoms with van der Waals surface area (Å²) in [5.74, 6) is 1.30. The minimum atomic E-state index is 0.397. The average molecular weight is 749 g/mol. The van der Waals surface area contributed by atoms with E-state index in [0.29, 0.717) is 22.7 Å². The highest BCUT2D eigenvalue weighted by atomic mass is 14.3. The Morgan fingerprint density at radius 3 is 1.41 bits per heavy atom. The second kappa shape index (κ2) is 40.6. The van der Waals surface area contributed by atoms with Crippen molar-refractivity contribution in [3.8, 4) is 0 Å². The molecule has 0 heterocycles. The second-order valence-corrected chi connectivity index (χ2v) is 16.0. The SMILES string of the molecule is CC.CC.CC.CCC/C=C(\C)CC/C=C(\CCC)CCC(C)(C)CC.CCCC.CCCC(CC(CC(C)(C)CC)c1ccccc1)c1ccccc1. The van der Waals surface area contributed by atoms with E-state index in [1.807, 2.05) is 41.5 Å². The van der Waals surface area contributed by atoms with Crippen LogP contribution in [-0.2, 0) is 0 Å². The fourth-order valence-electron chi connectivity index (χ4n) is 6.03. The van der Waals surface area contributed by atoms with Crippen molar-refractivity contribution < 1.29 is 0 Å². The van der Waals surface area contributed by atoms with Crippen LogP contribution in [0.1, 0.15) is 250 Å². The Morgan fingerprint density at radius 1 is 0.519 bits per heavy atom. The molecular formula is C54H100. The van der Waals surface area contributed by atoms with Crippen LogP contribution >= 0.6 is 0 Å². The number of hydrogen-bond acceptors (Lipinski definition) is 0. The van der Waals surface area contributed by atoms with Crippen LogP contribution in [0.15, 0.2) is 84.0 Å². The van der Waals surface area contributed by atoms with Gasteiger partial charge in [-0.2, -0.15) is 0 Å². The molecule has 0 saturated heterocycles. The smallest absolute Gasteiger partial charge is 0.0151 e. The first-order valence-electron chi connectivity index (χ1n) is 23.4. The van der Waals surface area contributed by atoms with Crippen molar-refractivity contribution in [2.75, 3.05) is 0 Å². The zero-order valence-electron chi connectivity index (χ0n) is 40.4. The van der Waals surface area contributed by atoms with Crippen molar-refractivity contribution in [3.05, 3.63) is 95.1 Å². The lowest BCUT2D eigenvalue weighted by Gasteiger charge is -2.31. The maximum Gasteiger partial charge on any atom is -0.0151 e. The maximum atomic E-state index is 2.53. The highest BCUT2D eigenvalue weighted by molar-refractivity contribution is 5.24. The first-order valence-corrected chi connectivity index (χ1v) is 23.4. The van der Waals surface area contributed by atoms with Gasteiger partial charge >= 0.3 is 0 Å². The molecule has 2 aromatic carbocycles. The molecular weight excluding hydrogens is 649 g/mol. The summed E-state index contributed by atoms with van der Waals surface area (Å²) in [5.41, 5.74) is 7.17. The van der Waals surface area contributed by atoms with Crippen LogP contribution in [-0.4, -0.2) is 0 Å². The van der Waals surface area contributed by atoms with Gasteiger partial charge in [0, 0.05) is 0 Å². The van der Waals surface area contributed by atoms with Crippen LogP contribution < -0.4 is 0 Å². The van der Waals surface area contributed by atoms with Crippen LogP contribution in [0.25, 0.3) is 0 Å². The Bertz CT molecular complexity index is 1050. The molecule has 0 heteroatoms. The van der Waals surface area contributed by atoms with Gasteiger partial charge in [0.1, 0.15) is 0 Å². The molecule has 0 aromatic heterocycles. The quantitative estimate of drug-likeness (QED) is 0.112. The van der Waals surface area contributed by atoms with E-state index in [1.54, 1.807) is 11.1 Å². The molecule has 0 nitrogen and oxygen atoms in total. The lowest BCUT2D eigenvalue weighted by Crippen LogP contribution is -2.17. The summed E-state index contributed by atoms with van der Waals surface area (Å²) in [6.07, 6.45) is 25.3. The third-order valence-corrected chi connectivity index (χ3v) is 10.4. The number of rotatable bonds is 21. The molecule has 2 rings (SSSR count). The lowest BCUT2D eigenvalue weighted by molar-refractivity contribution is 0.278. The molecule has 0 fully saturated rings. The summed E-state index contributed by atoms with van der Waals surface area (Å²) >= 11 is 0. The summed E-state index contributed by atoms with van der Waals surface area (Å²) in [4.78, 5) is 0. The normalized spacial score (nSPS) is 12.4. The third kappa shape index (κ3) is 33.3. The maximum absolute atomic E-state index is 2.53. The summed E-state index contributed by atoms with van der Waals surface area (Å²) in [7, 11) is 0. The zero-order chi connectivity index (χ0) is 42.3. The number of allylic oxidation sites excluding steroid dienone is 4. The molecule has 0 aliphatic rings. The van der Waals surface area contributed by atoms with E-state index in [1.165, 1.54) is 114 Å². The Balaban J connectivity index is -0.000000377. The minimum Gasteiger partial charge on any atom is -0.0856 e. The van der Waals surface area contributed by atoms with Gasteiger partial charge < -0.3 is 0 Å². The van der Waals surface area contributed by atoms with E-state index in [9.17, 15) is 0 Å². The molecule has 2 unspecified atom stereocenters. The molecule has 316 valence electrons.